The third-order valence-electron chi connectivity index (χ3n) is 7.41. The molecule has 32 heavy (non-hydrogen) atoms. The number of anilines is 1. The molecule has 2 aromatic carbocycles. The van der Waals surface area contributed by atoms with Gasteiger partial charge in [-0.15, -0.1) is 0 Å². The lowest BCUT2D eigenvalue weighted by atomic mass is 9.90. The van der Waals surface area contributed by atoms with Crippen molar-refractivity contribution < 1.29 is 14.0 Å². The molecule has 1 saturated carbocycles. The molecule has 3 aliphatic rings. The number of rotatable bonds is 3. The van der Waals surface area contributed by atoms with Gasteiger partial charge in [-0.05, 0) is 55.0 Å². The zero-order valence-corrected chi connectivity index (χ0v) is 18.7. The van der Waals surface area contributed by atoms with Crippen molar-refractivity contribution in [1.29, 1.82) is 0 Å². The summed E-state index contributed by atoms with van der Waals surface area (Å²) < 4.78 is 13.3. The third kappa shape index (κ3) is 3.96. The number of benzene rings is 2. The number of piperidine rings is 1. The Morgan fingerprint density at radius 2 is 1.59 bits per heavy atom. The lowest BCUT2D eigenvalue weighted by molar-refractivity contribution is -0.134. The highest BCUT2D eigenvalue weighted by Gasteiger charge is 2.59. The molecule has 0 bridgehead atoms. The number of carbonyl (C=O) groups is 2. The summed E-state index contributed by atoms with van der Waals surface area (Å²) in [4.78, 5) is 32.1. The predicted octanol–water partition coefficient (Wildman–Crippen LogP) is 4.07. The fraction of sp³-hybridized carbons (Fsp3) is 0.440. The molecule has 5 rings (SSSR count). The highest BCUT2D eigenvalue weighted by Crippen LogP contribution is 2.60. The van der Waals surface area contributed by atoms with Crippen LogP contribution in [0.2, 0.25) is 5.02 Å². The van der Waals surface area contributed by atoms with Crippen LogP contribution in [0.1, 0.15) is 29.6 Å². The maximum atomic E-state index is 13.3. The second kappa shape index (κ2) is 8.39. The number of amides is 2. The molecule has 168 valence electrons. The van der Waals surface area contributed by atoms with Crippen LogP contribution >= 0.6 is 11.6 Å². The molecule has 1 atom stereocenters. The van der Waals surface area contributed by atoms with E-state index in [0.29, 0.717) is 18.7 Å². The molecule has 1 aliphatic carbocycles. The number of likely N-dealkylation sites (tertiary alicyclic amines) is 1. The monoisotopic (exact) mass is 455 g/mol. The number of piperazine rings is 1. The van der Waals surface area contributed by atoms with Gasteiger partial charge in [0.15, 0.2) is 0 Å². The molecule has 1 spiro atoms. The number of nitrogens with zero attached hydrogens (tertiary/aromatic N) is 3. The van der Waals surface area contributed by atoms with E-state index in [1.165, 1.54) is 23.9 Å². The number of halogens is 2. The first-order valence-corrected chi connectivity index (χ1v) is 11.7. The summed E-state index contributed by atoms with van der Waals surface area (Å²) >= 11 is 6.07. The smallest absolute Gasteiger partial charge is 0.255 e. The normalized spacial score (nSPS) is 22.2. The summed E-state index contributed by atoms with van der Waals surface area (Å²) in [7, 11) is 0. The first kappa shape index (κ1) is 21.3. The van der Waals surface area contributed by atoms with Crippen molar-refractivity contribution in [2.45, 2.75) is 19.3 Å². The molecular weight excluding hydrogens is 429 g/mol. The SMILES string of the molecule is O=C(c1ccc(F)cc1Cl)N1CCC2(CC1)CC2C(=O)N1CCN(c2ccccc2)CC1. The highest BCUT2D eigenvalue weighted by atomic mass is 35.5. The van der Waals surface area contributed by atoms with Crippen molar-refractivity contribution in [3.05, 3.63) is 64.9 Å². The van der Waals surface area contributed by atoms with Crippen LogP contribution in [0.3, 0.4) is 0 Å². The van der Waals surface area contributed by atoms with Gasteiger partial charge in [0.2, 0.25) is 5.91 Å². The summed E-state index contributed by atoms with van der Waals surface area (Å²) in [6.07, 6.45) is 2.58. The van der Waals surface area contributed by atoms with Crippen LogP contribution in [0.25, 0.3) is 0 Å². The number of hydrogen-bond acceptors (Lipinski definition) is 3. The summed E-state index contributed by atoms with van der Waals surface area (Å²) in [6, 6.07) is 14.2. The van der Waals surface area contributed by atoms with Gasteiger partial charge < -0.3 is 14.7 Å². The zero-order valence-electron chi connectivity index (χ0n) is 18.0. The van der Waals surface area contributed by atoms with Gasteiger partial charge in [0.05, 0.1) is 10.6 Å². The van der Waals surface area contributed by atoms with Gasteiger partial charge >= 0.3 is 0 Å². The van der Waals surface area contributed by atoms with Crippen LogP contribution in [0.4, 0.5) is 10.1 Å². The van der Waals surface area contributed by atoms with Gasteiger partial charge in [0, 0.05) is 50.9 Å². The zero-order chi connectivity index (χ0) is 22.3. The standard InChI is InChI=1S/C25H27ClFN3O2/c26-22-16-18(27)6-7-20(22)23(31)29-10-8-25(9-11-29)17-21(25)24(32)30-14-12-28(13-15-30)19-4-2-1-3-5-19/h1-7,16,21H,8-15,17H2. The van der Waals surface area contributed by atoms with Crippen molar-refractivity contribution in [3.63, 3.8) is 0 Å². The maximum absolute atomic E-state index is 13.3. The van der Waals surface area contributed by atoms with Crippen LogP contribution in [-0.2, 0) is 4.79 Å². The summed E-state index contributed by atoms with van der Waals surface area (Å²) in [5, 5.41) is 0.143. The Kier molecular flexibility index (Phi) is 5.58. The number of carbonyl (C=O) groups excluding carboxylic acids is 2. The van der Waals surface area contributed by atoms with Crippen molar-refractivity contribution in [2.75, 3.05) is 44.2 Å². The molecule has 1 unspecified atom stereocenters. The Hall–Kier alpha value is -2.60. The molecule has 2 aliphatic heterocycles. The average Bonchev–Trinajstić information content (AvgIpc) is 3.52. The van der Waals surface area contributed by atoms with Gasteiger partial charge in [-0.3, -0.25) is 9.59 Å². The molecule has 2 amide bonds. The van der Waals surface area contributed by atoms with E-state index in [2.05, 4.69) is 17.0 Å². The molecule has 2 heterocycles. The quantitative estimate of drug-likeness (QED) is 0.700. The van der Waals surface area contributed by atoms with Crippen LogP contribution in [0.15, 0.2) is 48.5 Å². The predicted molar refractivity (Wildman–Crippen MR) is 122 cm³/mol. The lowest BCUT2D eigenvalue weighted by Gasteiger charge is -2.37. The summed E-state index contributed by atoms with van der Waals surface area (Å²) in [5.41, 5.74) is 1.58. The Labute approximate surface area is 192 Å². The minimum Gasteiger partial charge on any atom is -0.368 e. The van der Waals surface area contributed by atoms with Crippen molar-refractivity contribution in [2.24, 2.45) is 11.3 Å². The first-order valence-electron chi connectivity index (χ1n) is 11.3. The lowest BCUT2D eigenvalue weighted by Crippen LogP contribution is -2.50. The molecule has 3 fully saturated rings. The largest absolute Gasteiger partial charge is 0.368 e. The Morgan fingerprint density at radius 3 is 2.25 bits per heavy atom. The van der Waals surface area contributed by atoms with Crippen LogP contribution in [0.5, 0.6) is 0 Å². The van der Waals surface area contributed by atoms with E-state index in [9.17, 15) is 14.0 Å². The van der Waals surface area contributed by atoms with E-state index in [-0.39, 0.29) is 28.2 Å². The van der Waals surface area contributed by atoms with Gasteiger partial charge in [0.1, 0.15) is 5.82 Å². The fourth-order valence-corrected chi connectivity index (χ4v) is 5.53. The minimum absolute atomic E-state index is 0.0387. The third-order valence-corrected chi connectivity index (χ3v) is 7.72. The van der Waals surface area contributed by atoms with E-state index in [4.69, 9.17) is 11.6 Å². The molecule has 0 radical (unpaired) electrons. The first-order chi connectivity index (χ1) is 15.5. The van der Waals surface area contributed by atoms with E-state index < -0.39 is 5.82 Å². The molecule has 0 aromatic heterocycles. The van der Waals surface area contributed by atoms with Gasteiger partial charge in [0.25, 0.3) is 5.91 Å². The average molecular weight is 456 g/mol. The fourth-order valence-electron chi connectivity index (χ4n) is 5.28. The molecule has 2 aromatic rings. The Morgan fingerprint density at radius 1 is 0.906 bits per heavy atom. The van der Waals surface area contributed by atoms with Crippen LogP contribution in [-0.4, -0.2) is 60.9 Å². The van der Waals surface area contributed by atoms with Gasteiger partial charge in [-0.1, -0.05) is 29.8 Å². The highest BCUT2D eigenvalue weighted by molar-refractivity contribution is 6.33. The molecule has 0 N–H and O–H groups in total. The number of hydrogen-bond donors (Lipinski definition) is 0. The van der Waals surface area contributed by atoms with E-state index in [1.54, 1.807) is 4.90 Å². The Bertz CT molecular complexity index is 1020. The Balaban J connectivity index is 1.14. The summed E-state index contributed by atoms with van der Waals surface area (Å²) in [5.74, 6) is -0.255. The van der Waals surface area contributed by atoms with Crippen molar-refractivity contribution >= 4 is 29.1 Å². The molecule has 2 saturated heterocycles. The summed E-state index contributed by atoms with van der Waals surface area (Å²) in [6.45, 7) is 4.45. The van der Waals surface area contributed by atoms with E-state index in [0.717, 1.165) is 45.4 Å². The second-order valence-electron chi connectivity index (χ2n) is 9.18. The van der Waals surface area contributed by atoms with Crippen LogP contribution in [0, 0.1) is 17.2 Å². The maximum Gasteiger partial charge on any atom is 0.255 e. The van der Waals surface area contributed by atoms with E-state index in [1.807, 2.05) is 23.1 Å². The van der Waals surface area contributed by atoms with E-state index >= 15 is 0 Å². The molecule has 5 nitrogen and oxygen atoms in total. The van der Waals surface area contributed by atoms with Gasteiger partial charge in [-0.25, -0.2) is 4.39 Å². The number of para-hydroxylation sites is 1. The van der Waals surface area contributed by atoms with Crippen molar-refractivity contribution in [1.82, 2.24) is 9.80 Å². The molecule has 7 heteroatoms. The van der Waals surface area contributed by atoms with Gasteiger partial charge in [-0.2, -0.15) is 0 Å². The second-order valence-corrected chi connectivity index (χ2v) is 9.59. The van der Waals surface area contributed by atoms with Crippen molar-refractivity contribution in [3.8, 4) is 0 Å². The molecular formula is C25H27ClFN3O2. The minimum atomic E-state index is -0.451. The topological polar surface area (TPSA) is 43.9 Å². The van der Waals surface area contributed by atoms with Crippen LogP contribution < -0.4 is 4.90 Å².